The fraction of sp³-hybridized carbons (Fsp3) is 0.421. The van der Waals surface area contributed by atoms with E-state index in [-0.39, 0.29) is 28.0 Å². The fourth-order valence-corrected chi connectivity index (χ4v) is 6.03. The third-order valence-electron chi connectivity index (χ3n) is 5.07. The van der Waals surface area contributed by atoms with Crippen molar-refractivity contribution >= 4 is 20.0 Å². The average Bonchev–Trinajstić information content (AvgIpc) is 2.78. The Kier molecular flexibility index (Phi) is 6.96. The van der Waals surface area contributed by atoms with Gasteiger partial charge in [-0.25, -0.2) is 21.6 Å². The molecule has 0 unspecified atom stereocenters. The van der Waals surface area contributed by atoms with Gasteiger partial charge in [-0.05, 0) is 43.0 Å². The lowest BCUT2D eigenvalue weighted by Crippen LogP contribution is -2.41. The lowest BCUT2D eigenvalue weighted by atomic mass is 9.99. The Bertz CT molecular complexity index is 1070. The summed E-state index contributed by atoms with van der Waals surface area (Å²) in [5.41, 5.74) is 0. The van der Waals surface area contributed by atoms with E-state index in [2.05, 4.69) is 9.71 Å². The van der Waals surface area contributed by atoms with Gasteiger partial charge in [-0.1, -0.05) is 0 Å². The molecule has 164 valence electrons. The summed E-state index contributed by atoms with van der Waals surface area (Å²) in [6.07, 6.45) is 3.96. The Morgan fingerprint density at radius 2 is 1.83 bits per heavy atom. The molecule has 9 nitrogen and oxygen atoms in total. The second-order valence-electron chi connectivity index (χ2n) is 6.90. The van der Waals surface area contributed by atoms with Crippen LogP contribution >= 0.6 is 0 Å². The van der Waals surface area contributed by atoms with Crippen LogP contribution in [0.3, 0.4) is 0 Å². The third kappa shape index (κ3) is 4.91. The molecule has 0 amide bonds. The van der Waals surface area contributed by atoms with Crippen LogP contribution in [0.25, 0.3) is 0 Å². The molecule has 0 aliphatic carbocycles. The summed E-state index contributed by atoms with van der Waals surface area (Å²) in [6, 6.07) is 7.67. The first-order chi connectivity index (χ1) is 14.3. The maximum Gasteiger partial charge on any atom is 0.244 e. The van der Waals surface area contributed by atoms with Crippen molar-refractivity contribution in [2.24, 2.45) is 5.92 Å². The maximum atomic E-state index is 12.8. The highest BCUT2D eigenvalue weighted by Gasteiger charge is 2.30. The summed E-state index contributed by atoms with van der Waals surface area (Å²) in [5.74, 6) is 0.655. The summed E-state index contributed by atoms with van der Waals surface area (Å²) in [7, 11) is -4.54. The molecule has 0 bridgehead atoms. The van der Waals surface area contributed by atoms with Gasteiger partial charge in [0.2, 0.25) is 20.0 Å². The van der Waals surface area contributed by atoms with E-state index in [1.807, 2.05) is 0 Å². The molecule has 1 aliphatic heterocycles. The topological polar surface area (TPSA) is 115 Å². The summed E-state index contributed by atoms with van der Waals surface area (Å²) in [6.45, 7) is 0.863. The zero-order chi connectivity index (χ0) is 21.8. The molecule has 1 fully saturated rings. The van der Waals surface area contributed by atoms with Gasteiger partial charge in [0.15, 0.2) is 0 Å². The Balaban J connectivity index is 1.62. The van der Waals surface area contributed by atoms with Crippen molar-refractivity contribution in [2.45, 2.75) is 22.6 Å². The molecule has 2 heterocycles. The number of ether oxygens (including phenoxy) is 2. The molecule has 3 rings (SSSR count). The summed E-state index contributed by atoms with van der Waals surface area (Å²) >= 11 is 0. The predicted molar refractivity (Wildman–Crippen MR) is 110 cm³/mol. The van der Waals surface area contributed by atoms with Crippen molar-refractivity contribution in [3.05, 3.63) is 42.7 Å². The van der Waals surface area contributed by atoms with Crippen LogP contribution in [0.2, 0.25) is 0 Å². The lowest BCUT2D eigenvalue weighted by Gasteiger charge is -2.31. The van der Waals surface area contributed by atoms with Gasteiger partial charge in [-0.2, -0.15) is 4.31 Å². The van der Waals surface area contributed by atoms with Crippen LogP contribution in [-0.4, -0.2) is 60.0 Å². The first-order valence-corrected chi connectivity index (χ1v) is 12.3. The molecule has 1 N–H and O–H groups in total. The van der Waals surface area contributed by atoms with Crippen molar-refractivity contribution < 1.29 is 26.3 Å². The van der Waals surface area contributed by atoms with Crippen molar-refractivity contribution in [3.8, 4) is 11.5 Å². The van der Waals surface area contributed by atoms with Gasteiger partial charge < -0.3 is 9.47 Å². The van der Waals surface area contributed by atoms with E-state index in [0.717, 1.165) is 0 Å². The van der Waals surface area contributed by atoms with E-state index in [1.54, 1.807) is 12.1 Å². The SMILES string of the molecule is COc1ccc(OC)c(S(=O)(=O)NCC2CCN(S(=O)(=O)c3cccnc3)CC2)c1. The minimum atomic E-state index is -3.82. The molecule has 1 aromatic heterocycles. The molecule has 1 saturated heterocycles. The highest BCUT2D eigenvalue weighted by atomic mass is 32.2. The first kappa shape index (κ1) is 22.5. The van der Waals surface area contributed by atoms with E-state index >= 15 is 0 Å². The smallest absolute Gasteiger partial charge is 0.244 e. The first-order valence-electron chi connectivity index (χ1n) is 9.40. The Labute approximate surface area is 177 Å². The van der Waals surface area contributed by atoms with Crippen LogP contribution in [-0.2, 0) is 20.0 Å². The molecule has 30 heavy (non-hydrogen) atoms. The standard InChI is InChI=1S/C19H25N3O6S2/c1-27-16-5-6-18(28-2)19(12-16)29(23,24)21-13-15-7-10-22(11-8-15)30(25,26)17-4-3-9-20-14-17/h3-6,9,12,14-15,21H,7-8,10-11,13H2,1-2H3. The number of hydrogen-bond donors (Lipinski definition) is 1. The average molecular weight is 456 g/mol. The van der Waals surface area contributed by atoms with Crippen LogP contribution < -0.4 is 14.2 Å². The van der Waals surface area contributed by atoms with Crippen LogP contribution in [0.5, 0.6) is 11.5 Å². The second-order valence-corrected chi connectivity index (χ2v) is 10.6. The number of sulfonamides is 2. The molecular formula is C19H25N3O6S2. The molecule has 0 saturated carbocycles. The predicted octanol–water partition coefficient (Wildman–Crippen LogP) is 1.48. The summed E-state index contributed by atoms with van der Waals surface area (Å²) in [4.78, 5) is 4.03. The number of nitrogens with one attached hydrogen (secondary N) is 1. The molecule has 1 aliphatic rings. The van der Waals surface area contributed by atoms with Crippen LogP contribution in [0.15, 0.2) is 52.5 Å². The Morgan fingerprint density at radius 3 is 2.43 bits per heavy atom. The normalized spacial score (nSPS) is 16.3. The molecule has 0 atom stereocenters. The van der Waals surface area contributed by atoms with Crippen LogP contribution in [0.4, 0.5) is 0 Å². The van der Waals surface area contributed by atoms with Gasteiger partial charge in [0, 0.05) is 38.1 Å². The van der Waals surface area contributed by atoms with Crippen molar-refractivity contribution in [1.29, 1.82) is 0 Å². The molecule has 1 aromatic carbocycles. The van der Waals surface area contributed by atoms with Crippen LogP contribution in [0, 0.1) is 5.92 Å². The van der Waals surface area contributed by atoms with Gasteiger partial charge in [-0.3, -0.25) is 4.98 Å². The largest absolute Gasteiger partial charge is 0.497 e. The Morgan fingerprint density at radius 1 is 1.10 bits per heavy atom. The maximum absolute atomic E-state index is 12.8. The van der Waals surface area contributed by atoms with Crippen molar-refractivity contribution in [3.63, 3.8) is 0 Å². The minimum Gasteiger partial charge on any atom is -0.497 e. The number of aromatic nitrogens is 1. The monoisotopic (exact) mass is 455 g/mol. The zero-order valence-electron chi connectivity index (χ0n) is 16.8. The lowest BCUT2D eigenvalue weighted by molar-refractivity contribution is 0.274. The second kappa shape index (κ2) is 9.29. The summed E-state index contributed by atoms with van der Waals surface area (Å²) < 4.78 is 65.2. The van der Waals surface area contributed by atoms with Gasteiger partial charge in [-0.15, -0.1) is 0 Å². The highest BCUT2D eigenvalue weighted by Crippen LogP contribution is 2.29. The molecule has 0 radical (unpaired) electrons. The number of pyridine rings is 1. The number of hydrogen-bond acceptors (Lipinski definition) is 7. The fourth-order valence-electron chi connectivity index (χ4n) is 3.30. The number of piperidine rings is 1. The Hall–Kier alpha value is -2.21. The van der Waals surface area contributed by atoms with E-state index in [0.29, 0.717) is 31.7 Å². The van der Waals surface area contributed by atoms with Crippen molar-refractivity contribution in [1.82, 2.24) is 14.0 Å². The van der Waals surface area contributed by atoms with Crippen LogP contribution in [0.1, 0.15) is 12.8 Å². The number of rotatable bonds is 8. The molecule has 11 heteroatoms. The third-order valence-corrected chi connectivity index (χ3v) is 8.39. The van der Waals surface area contributed by atoms with E-state index in [4.69, 9.17) is 9.47 Å². The molecule has 0 spiro atoms. The molecule has 2 aromatic rings. The van der Waals surface area contributed by atoms with Gasteiger partial charge >= 0.3 is 0 Å². The van der Waals surface area contributed by atoms with E-state index in [9.17, 15) is 16.8 Å². The quantitative estimate of drug-likeness (QED) is 0.641. The zero-order valence-corrected chi connectivity index (χ0v) is 18.4. The van der Waals surface area contributed by atoms with E-state index in [1.165, 1.54) is 49.1 Å². The van der Waals surface area contributed by atoms with Gasteiger partial charge in [0.1, 0.15) is 21.3 Å². The van der Waals surface area contributed by atoms with Gasteiger partial charge in [0.25, 0.3) is 0 Å². The number of methoxy groups -OCH3 is 2. The molecular weight excluding hydrogens is 430 g/mol. The van der Waals surface area contributed by atoms with Gasteiger partial charge in [0.05, 0.1) is 14.2 Å². The number of nitrogens with zero attached hydrogens (tertiary/aromatic N) is 2. The highest BCUT2D eigenvalue weighted by molar-refractivity contribution is 7.89. The van der Waals surface area contributed by atoms with E-state index < -0.39 is 20.0 Å². The minimum absolute atomic E-state index is 0.000872. The number of benzene rings is 1. The summed E-state index contributed by atoms with van der Waals surface area (Å²) in [5, 5.41) is 0. The van der Waals surface area contributed by atoms with Crippen molar-refractivity contribution in [2.75, 3.05) is 33.9 Å².